The third-order valence-corrected chi connectivity index (χ3v) is 11.2. The second-order valence-electron chi connectivity index (χ2n) is 11.8. The van der Waals surface area contributed by atoms with Gasteiger partial charge in [0.1, 0.15) is 6.04 Å². The van der Waals surface area contributed by atoms with Crippen molar-refractivity contribution in [2.45, 2.75) is 54.6 Å². The Labute approximate surface area is 247 Å². The number of rotatable bonds is 12. The molecule has 3 aliphatic rings. The summed E-state index contributed by atoms with van der Waals surface area (Å²) in [4.78, 5) is 48.2. The summed E-state index contributed by atoms with van der Waals surface area (Å²) in [6.45, 7) is 11.1. The first-order valence-corrected chi connectivity index (χ1v) is 15.4. The molecular formula is C33H41N3O4S. The molecule has 2 aromatic rings. The zero-order chi connectivity index (χ0) is 29.4. The molecule has 41 heavy (non-hydrogen) atoms. The number of benzene rings is 2. The van der Waals surface area contributed by atoms with Crippen LogP contribution in [0.25, 0.3) is 10.8 Å². The number of carbonyl (C=O) groups is 3. The second kappa shape index (κ2) is 11.6. The van der Waals surface area contributed by atoms with Gasteiger partial charge in [0, 0.05) is 43.7 Å². The lowest BCUT2D eigenvalue weighted by Gasteiger charge is -2.38. The predicted octanol–water partition coefficient (Wildman–Crippen LogP) is 4.65. The van der Waals surface area contributed by atoms with E-state index in [2.05, 4.69) is 20.1 Å². The van der Waals surface area contributed by atoms with Crippen LogP contribution in [-0.4, -0.2) is 81.5 Å². The SMILES string of the molecule is C=CCN(C)C(=O)[C@@H]1[C@H]2C(=O)N(CCCCCO)C(C(=O)N(CC=C)c3ccc4ccccc4c3)C23CC[C@@]1(C)S3. The van der Waals surface area contributed by atoms with E-state index in [1.54, 1.807) is 45.7 Å². The minimum atomic E-state index is -0.685. The Morgan fingerprint density at radius 2 is 1.78 bits per heavy atom. The van der Waals surface area contributed by atoms with Crippen molar-refractivity contribution in [2.75, 3.05) is 38.2 Å². The highest BCUT2D eigenvalue weighted by atomic mass is 32.2. The maximum atomic E-state index is 14.8. The highest BCUT2D eigenvalue weighted by Crippen LogP contribution is 2.71. The Hall–Kier alpha value is -3.10. The Morgan fingerprint density at radius 3 is 2.49 bits per heavy atom. The topological polar surface area (TPSA) is 81.2 Å². The first-order valence-electron chi connectivity index (χ1n) is 14.6. The van der Waals surface area contributed by atoms with Crippen LogP contribution in [0.4, 0.5) is 5.69 Å². The predicted molar refractivity (Wildman–Crippen MR) is 166 cm³/mol. The van der Waals surface area contributed by atoms with Crippen LogP contribution in [0.1, 0.15) is 39.0 Å². The number of hydrogen-bond acceptors (Lipinski definition) is 5. The van der Waals surface area contributed by atoms with Gasteiger partial charge >= 0.3 is 0 Å². The van der Waals surface area contributed by atoms with Crippen molar-refractivity contribution in [1.29, 1.82) is 0 Å². The van der Waals surface area contributed by atoms with E-state index in [4.69, 9.17) is 0 Å². The molecule has 3 saturated heterocycles. The summed E-state index contributed by atoms with van der Waals surface area (Å²) in [5.41, 5.74) is 0.767. The molecule has 2 unspecified atom stereocenters. The van der Waals surface area contributed by atoms with Gasteiger partial charge < -0.3 is 19.8 Å². The van der Waals surface area contributed by atoms with E-state index in [9.17, 15) is 19.5 Å². The Kier molecular flexibility index (Phi) is 8.35. The van der Waals surface area contributed by atoms with E-state index in [-0.39, 0.29) is 24.3 Å². The molecule has 5 atom stereocenters. The average molecular weight is 576 g/mol. The van der Waals surface area contributed by atoms with Crippen molar-refractivity contribution in [3.05, 3.63) is 67.8 Å². The quantitative estimate of drug-likeness (QED) is 0.295. The Balaban J connectivity index is 1.56. The van der Waals surface area contributed by atoms with Crippen molar-refractivity contribution < 1.29 is 19.5 Å². The molecule has 3 heterocycles. The molecule has 2 aromatic carbocycles. The van der Waals surface area contributed by atoms with Crippen molar-refractivity contribution in [1.82, 2.24) is 9.80 Å². The van der Waals surface area contributed by atoms with Gasteiger partial charge in [-0.3, -0.25) is 14.4 Å². The van der Waals surface area contributed by atoms with Crippen LogP contribution < -0.4 is 4.90 Å². The molecule has 7 nitrogen and oxygen atoms in total. The number of amides is 3. The zero-order valence-electron chi connectivity index (χ0n) is 24.1. The molecule has 3 fully saturated rings. The molecule has 218 valence electrons. The number of hydrogen-bond donors (Lipinski definition) is 1. The third kappa shape index (κ3) is 4.89. The van der Waals surface area contributed by atoms with Gasteiger partial charge in [-0.2, -0.15) is 0 Å². The molecule has 1 N–H and O–H groups in total. The molecule has 0 aromatic heterocycles. The first kappa shape index (κ1) is 29.4. The third-order valence-electron chi connectivity index (χ3n) is 9.24. The number of likely N-dealkylation sites (N-methyl/N-ethyl adjacent to an activating group) is 1. The molecular weight excluding hydrogens is 534 g/mol. The number of carbonyl (C=O) groups excluding carboxylic acids is 3. The molecule has 8 heteroatoms. The molecule has 3 amide bonds. The lowest BCUT2D eigenvalue weighted by Crippen LogP contribution is -2.55. The molecule has 3 aliphatic heterocycles. The van der Waals surface area contributed by atoms with Gasteiger partial charge in [0.05, 0.1) is 16.6 Å². The van der Waals surface area contributed by atoms with Crippen LogP contribution in [0, 0.1) is 11.8 Å². The standard InChI is InChI=1S/C33H41N3O4S/c1-5-18-34(4)29(38)26-27-30(39)36(20-10-7-11-21-37)28(33(27)17-16-32(26,3)41-33)31(40)35(19-6-2)25-15-14-23-12-8-9-13-24(23)22-25/h5-6,8-9,12-15,22,26-28,37H,1-2,7,10-11,16-21H2,3-4H3/t26-,27-,28?,32+,33?/m0/s1. The summed E-state index contributed by atoms with van der Waals surface area (Å²) < 4.78 is -1.09. The zero-order valence-corrected chi connectivity index (χ0v) is 24.9. The van der Waals surface area contributed by atoms with E-state index < -0.39 is 27.4 Å². The number of fused-ring (bicyclic) bond motifs is 2. The second-order valence-corrected chi connectivity index (χ2v) is 13.7. The first-order chi connectivity index (χ1) is 19.7. The number of aliphatic hydroxyl groups excluding tert-OH is 1. The smallest absolute Gasteiger partial charge is 0.251 e. The molecule has 0 aliphatic carbocycles. The number of thioether (sulfide) groups is 1. The minimum Gasteiger partial charge on any atom is -0.396 e. The maximum absolute atomic E-state index is 14.8. The average Bonchev–Trinajstić information content (AvgIpc) is 3.53. The summed E-state index contributed by atoms with van der Waals surface area (Å²) in [6, 6.07) is 13.4. The number of nitrogens with zero attached hydrogens (tertiary/aromatic N) is 3. The molecule has 0 radical (unpaired) electrons. The van der Waals surface area contributed by atoms with E-state index >= 15 is 0 Å². The lowest BCUT2D eigenvalue weighted by atomic mass is 9.66. The van der Waals surface area contributed by atoms with Gasteiger partial charge in [0.2, 0.25) is 11.8 Å². The van der Waals surface area contributed by atoms with Crippen LogP contribution in [-0.2, 0) is 14.4 Å². The fraction of sp³-hybridized carbons (Fsp3) is 0.485. The molecule has 2 bridgehead atoms. The van der Waals surface area contributed by atoms with Crippen LogP contribution in [0.5, 0.6) is 0 Å². The van der Waals surface area contributed by atoms with Gasteiger partial charge in [0.15, 0.2) is 0 Å². The normalized spacial score (nSPS) is 28.1. The number of unbranched alkanes of at least 4 members (excludes halogenated alkanes) is 2. The van der Waals surface area contributed by atoms with Crippen molar-refractivity contribution in [3.8, 4) is 0 Å². The van der Waals surface area contributed by atoms with Gasteiger partial charge in [-0.05, 0) is 61.9 Å². The van der Waals surface area contributed by atoms with E-state index in [1.807, 2.05) is 42.5 Å². The Bertz CT molecular complexity index is 1360. The Morgan fingerprint density at radius 1 is 1.05 bits per heavy atom. The highest BCUT2D eigenvalue weighted by Gasteiger charge is 2.77. The van der Waals surface area contributed by atoms with Crippen LogP contribution in [0.15, 0.2) is 67.8 Å². The van der Waals surface area contributed by atoms with Gasteiger partial charge in [-0.15, -0.1) is 24.9 Å². The molecule has 1 spiro atoms. The minimum absolute atomic E-state index is 0.0503. The highest BCUT2D eigenvalue weighted by molar-refractivity contribution is 8.02. The van der Waals surface area contributed by atoms with E-state index in [1.165, 1.54) is 0 Å². The fourth-order valence-electron chi connectivity index (χ4n) is 7.36. The van der Waals surface area contributed by atoms with Crippen LogP contribution in [0.2, 0.25) is 0 Å². The number of likely N-dealkylation sites (tertiary alicyclic amines) is 1. The number of aliphatic hydroxyl groups is 1. The van der Waals surface area contributed by atoms with Crippen LogP contribution in [0.3, 0.4) is 0 Å². The number of anilines is 1. The molecule has 5 rings (SSSR count). The van der Waals surface area contributed by atoms with E-state index in [0.29, 0.717) is 38.9 Å². The summed E-state index contributed by atoms with van der Waals surface area (Å²) in [5.74, 6) is -1.32. The van der Waals surface area contributed by atoms with Crippen LogP contribution >= 0.6 is 11.8 Å². The van der Waals surface area contributed by atoms with Crippen molar-refractivity contribution in [3.63, 3.8) is 0 Å². The van der Waals surface area contributed by atoms with Gasteiger partial charge in [-0.25, -0.2) is 0 Å². The summed E-state index contributed by atoms with van der Waals surface area (Å²) in [7, 11) is 1.76. The van der Waals surface area contributed by atoms with Gasteiger partial charge in [0.25, 0.3) is 5.91 Å². The molecule has 0 saturated carbocycles. The van der Waals surface area contributed by atoms with Gasteiger partial charge in [-0.1, -0.05) is 42.5 Å². The monoisotopic (exact) mass is 575 g/mol. The largest absolute Gasteiger partial charge is 0.396 e. The summed E-state index contributed by atoms with van der Waals surface area (Å²) in [5, 5.41) is 11.4. The summed E-state index contributed by atoms with van der Waals surface area (Å²) >= 11 is 1.70. The van der Waals surface area contributed by atoms with Crippen molar-refractivity contribution >= 4 is 45.9 Å². The fourth-order valence-corrected chi connectivity index (χ4v) is 9.70. The van der Waals surface area contributed by atoms with Crippen molar-refractivity contribution in [2.24, 2.45) is 11.8 Å². The lowest BCUT2D eigenvalue weighted by molar-refractivity contribution is -0.144. The maximum Gasteiger partial charge on any atom is 0.251 e. The summed E-state index contributed by atoms with van der Waals surface area (Å²) in [6.07, 6.45) is 7.00. The van der Waals surface area contributed by atoms with E-state index in [0.717, 1.165) is 29.3 Å².